The highest BCUT2D eigenvalue weighted by Crippen LogP contribution is 2.39. The van der Waals surface area contributed by atoms with Gasteiger partial charge < -0.3 is 9.47 Å². The molecule has 0 atom stereocenters. The molecule has 26 heavy (non-hydrogen) atoms. The standard InChI is InChI=1S/C21H27F3O2/c1-15-18(8-3-2-5-16-6-4-7-16)11-12-19(20(15)26-21(22,23)24)25-14-13-17-9-10-17/h2,5,11-12,16-17H,3-4,6-10,13-14H2,1H3/b5-2+. The van der Waals surface area contributed by atoms with Gasteiger partial charge in [0.1, 0.15) is 0 Å². The number of alkyl halides is 3. The zero-order valence-electron chi connectivity index (χ0n) is 15.3. The maximum absolute atomic E-state index is 12.8. The molecular weight excluding hydrogens is 341 g/mol. The Morgan fingerprint density at radius 1 is 1.15 bits per heavy atom. The van der Waals surface area contributed by atoms with Crippen molar-refractivity contribution in [2.75, 3.05) is 6.61 Å². The first-order chi connectivity index (χ1) is 12.4. The quantitative estimate of drug-likeness (QED) is 0.472. The second-order valence-electron chi connectivity index (χ2n) is 7.46. The van der Waals surface area contributed by atoms with Gasteiger partial charge in [0.25, 0.3) is 0 Å². The molecule has 0 aromatic heterocycles. The van der Waals surface area contributed by atoms with Gasteiger partial charge in [0, 0.05) is 0 Å². The van der Waals surface area contributed by atoms with Crippen molar-refractivity contribution < 1.29 is 22.6 Å². The van der Waals surface area contributed by atoms with Crippen LogP contribution in [0.15, 0.2) is 24.3 Å². The number of hydrogen-bond donors (Lipinski definition) is 0. The lowest BCUT2D eigenvalue weighted by atomic mass is 9.85. The Morgan fingerprint density at radius 2 is 1.92 bits per heavy atom. The average molecular weight is 368 g/mol. The topological polar surface area (TPSA) is 18.5 Å². The fourth-order valence-electron chi connectivity index (χ4n) is 3.24. The van der Waals surface area contributed by atoms with E-state index in [1.807, 2.05) is 6.07 Å². The van der Waals surface area contributed by atoms with Gasteiger partial charge in [0.15, 0.2) is 11.5 Å². The fraction of sp³-hybridized carbons (Fsp3) is 0.619. The third-order valence-corrected chi connectivity index (χ3v) is 5.32. The maximum Gasteiger partial charge on any atom is 0.573 e. The van der Waals surface area contributed by atoms with Crippen molar-refractivity contribution in [1.82, 2.24) is 0 Å². The van der Waals surface area contributed by atoms with E-state index in [9.17, 15) is 13.2 Å². The predicted octanol–water partition coefficient (Wildman–Crippen LogP) is 6.36. The molecule has 1 aromatic rings. The predicted molar refractivity (Wildman–Crippen MR) is 95.5 cm³/mol. The molecule has 144 valence electrons. The monoisotopic (exact) mass is 368 g/mol. The Bertz CT molecular complexity index is 629. The molecule has 0 N–H and O–H groups in total. The maximum atomic E-state index is 12.8. The molecule has 1 aromatic carbocycles. The highest BCUT2D eigenvalue weighted by molar-refractivity contribution is 5.50. The Kier molecular flexibility index (Phi) is 6.15. The number of halogens is 3. The minimum absolute atomic E-state index is 0.186. The fourth-order valence-corrected chi connectivity index (χ4v) is 3.24. The molecule has 0 aliphatic heterocycles. The highest BCUT2D eigenvalue weighted by atomic mass is 19.4. The van der Waals surface area contributed by atoms with E-state index in [1.165, 1.54) is 32.1 Å². The van der Waals surface area contributed by atoms with E-state index in [1.54, 1.807) is 13.0 Å². The molecule has 2 saturated carbocycles. The summed E-state index contributed by atoms with van der Waals surface area (Å²) in [4.78, 5) is 0. The molecule has 0 radical (unpaired) electrons. The van der Waals surface area contributed by atoms with Gasteiger partial charge in [0.05, 0.1) is 6.61 Å². The molecule has 2 aliphatic carbocycles. The van der Waals surface area contributed by atoms with Crippen LogP contribution >= 0.6 is 0 Å². The first-order valence-electron chi connectivity index (χ1n) is 9.60. The molecule has 0 amide bonds. The molecule has 0 heterocycles. The van der Waals surface area contributed by atoms with Gasteiger partial charge in [-0.1, -0.05) is 37.5 Å². The van der Waals surface area contributed by atoms with Crippen LogP contribution in [0.1, 0.15) is 56.1 Å². The van der Waals surface area contributed by atoms with Gasteiger partial charge in [-0.05, 0) is 68.1 Å². The zero-order valence-corrected chi connectivity index (χ0v) is 15.3. The Hall–Kier alpha value is -1.65. The minimum atomic E-state index is -4.72. The van der Waals surface area contributed by atoms with E-state index in [0.717, 1.165) is 18.4 Å². The summed E-state index contributed by atoms with van der Waals surface area (Å²) in [6.07, 6.45) is 8.28. The van der Waals surface area contributed by atoms with E-state index in [4.69, 9.17) is 4.74 Å². The first-order valence-corrected chi connectivity index (χ1v) is 9.60. The molecule has 2 fully saturated rings. The molecule has 0 bridgehead atoms. The number of allylic oxidation sites excluding steroid dienone is 2. The molecular formula is C21H27F3O2. The van der Waals surface area contributed by atoms with Gasteiger partial charge in [-0.15, -0.1) is 13.2 Å². The minimum Gasteiger partial charge on any atom is -0.490 e. The van der Waals surface area contributed by atoms with Crippen molar-refractivity contribution >= 4 is 0 Å². The van der Waals surface area contributed by atoms with Crippen LogP contribution in [0.25, 0.3) is 0 Å². The average Bonchev–Trinajstić information content (AvgIpc) is 3.33. The SMILES string of the molecule is Cc1c(CC/C=C/C2CCC2)ccc(OCCC2CC2)c1OC(F)(F)F. The van der Waals surface area contributed by atoms with E-state index in [-0.39, 0.29) is 11.5 Å². The van der Waals surface area contributed by atoms with Crippen LogP contribution in [0.2, 0.25) is 0 Å². The number of hydrogen-bond acceptors (Lipinski definition) is 2. The second kappa shape index (κ2) is 8.36. The van der Waals surface area contributed by atoms with Crippen LogP contribution in [0.4, 0.5) is 13.2 Å². The van der Waals surface area contributed by atoms with Crippen LogP contribution < -0.4 is 9.47 Å². The summed E-state index contributed by atoms with van der Waals surface area (Å²) in [6, 6.07) is 3.48. The van der Waals surface area contributed by atoms with Gasteiger partial charge in [-0.2, -0.15) is 0 Å². The molecule has 2 nitrogen and oxygen atoms in total. The summed E-state index contributed by atoms with van der Waals surface area (Å²) in [5, 5.41) is 0. The van der Waals surface area contributed by atoms with Crippen LogP contribution in [0.3, 0.4) is 0 Å². The lowest BCUT2D eigenvalue weighted by molar-refractivity contribution is -0.275. The Balaban J connectivity index is 1.65. The van der Waals surface area contributed by atoms with Crippen molar-refractivity contribution in [2.24, 2.45) is 11.8 Å². The molecule has 2 aliphatic rings. The number of rotatable bonds is 9. The summed E-state index contributed by atoms with van der Waals surface area (Å²) >= 11 is 0. The third-order valence-electron chi connectivity index (χ3n) is 5.32. The largest absolute Gasteiger partial charge is 0.573 e. The second-order valence-corrected chi connectivity index (χ2v) is 7.46. The van der Waals surface area contributed by atoms with Gasteiger partial charge in [-0.3, -0.25) is 0 Å². The number of aryl methyl sites for hydroxylation is 1. The van der Waals surface area contributed by atoms with Crippen molar-refractivity contribution in [3.63, 3.8) is 0 Å². The molecule has 5 heteroatoms. The van der Waals surface area contributed by atoms with Crippen molar-refractivity contribution in [2.45, 2.75) is 64.7 Å². The lowest BCUT2D eigenvalue weighted by Gasteiger charge is -2.21. The summed E-state index contributed by atoms with van der Waals surface area (Å²) in [5.41, 5.74) is 1.39. The van der Waals surface area contributed by atoms with Gasteiger partial charge in [-0.25, -0.2) is 0 Å². The van der Waals surface area contributed by atoms with Crippen molar-refractivity contribution in [3.05, 3.63) is 35.4 Å². The first kappa shape index (κ1) is 19.1. The lowest BCUT2D eigenvalue weighted by Crippen LogP contribution is -2.19. The highest BCUT2D eigenvalue weighted by Gasteiger charge is 2.34. The summed E-state index contributed by atoms with van der Waals surface area (Å²) in [5.74, 6) is 1.37. The van der Waals surface area contributed by atoms with Crippen molar-refractivity contribution in [1.29, 1.82) is 0 Å². The van der Waals surface area contributed by atoms with Gasteiger partial charge >= 0.3 is 6.36 Å². The summed E-state index contributed by atoms with van der Waals surface area (Å²) < 4.78 is 48.5. The Morgan fingerprint density at radius 3 is 2.54 bits per heavy atom. The molecule has 0 spiro atoms. The number of benzene rings is 1. The molecule has 3 rings (SSSR count). The summed E-state index contributed by atoms with van der Waals surface area (Å²) in [6.45, 7) is 2.11. The normalized spacial score (nSPS) is 18.2. The van der Waals surface area contributed by atoms with Crippen LogP contribution in [-0.2, 0) is 6.42 Å². The zero-order chi connectivity index (χ0) is 18.6. The molecule has 0 unspecified atom stereocenters. The van der Waals surface area contributed by atoms with Crippen molar-refractivity contribution in [3.8, 4) is 11.5 Å². The van der Waals surface area contributed by atoms with Crippen LogP contribution in [-0.4, -0.2) is 13.0 Å². The van der Waals surface area contributed by atoms with Crippen LogP contribution in [0, 0.1) is 18.8 Å². The Labute approximate surface area is 153 Å². The van der Waals surface area contributed by atoms with E-state index >= 15 is 0 Å². The summed E-state index contributed by atoms with van der Waals surface area (Å²) in [7, 11) is 0. The smallest absolute Gasteiger partial charge is 0.490 e. The number of ether oxygens (including phenoxy) is 2. The van der Waals surface area contributed by atoms with Crippen LogP contribution in [0.5, 0.6) is 11.5 Å². The third kappa shape index (κ3) is 5.68. The van der Waals surface area contributed by atoms with Gasteiger partial charge in [0.2, 0.25) is 0 Å². The van der Waals surface area contributed by atoms with E-state index < -0.39 is 6.36 Å². The van der Waals surface area contributed by atoms with E-state index in [2.05, 4.69) is 16.9 Å². The van der Waals surface area contributed by atoms with E-state index in [0.29, 0.717) is 30.4 Å². The molecule has 0 saturated heterocycles.